The highest BCUT2D eigenvalue weighted by Gasteiger charge is 2.43. The van der Waals surface area contributed by atoms with Gasteiger partial charge in [-0.1, -0.05) is 6.92 Å². The molecule has 1 rings (SSSR count). The number of rotatable bonds is 3. The van der Waals surface area contributed by atoms with E-state index in [1.165, 1.54) is 6.92 Å². The molecule has 0 aliphatic rings. The molecule has 0 amide bonds. The molecule has 0 heterocycles. The second-order valence-corrected chi connectivity index (χ2v) is 3.75. The van der Waals surface area contributed by atoms with Crippen LogP contribution in [0.4, 0.5) is 35.1 Å². The molecule has 0 aliphatic heterocycles. The molecule has 0 radical (unpaired) electrons. The van der Waals surface area contributed by atoms with Crippen molar-refractivity contribution in [1.29, 1.82) is 0 Å². The summed E-state index contributed by atoms with van der Waals surface area (Å²) in [5.74, 6) is -1.91. The van der Waals surface area contributed by atoms with E-state index in [9.17, 15) is 35.1 Å². The Hall–Kier alpha value is -1.54. The maximum Gasteiger partial charge on any atom is 0.419 e. The van der Waals surface area contributed by atoms with Crippen LogP contribution in [0.5, 0.6) is 5.75 Å². The summed E-state index contributed by atoms with van der Waals surface area (Å²) in [6.07, 6.45) is -10.6. The van der Waals surface area contributed by atoms with Gasteiger partial charge in [0.15, 0.2) is 5.75 Å². The molecule has 0 aromatic heterocycles. The summed E-state index contributed by atoms with van der Waals surface area (Å²) in [5, 5.41) is 0. The molecular formula is C11H8F8O. The highest BCUT2D eigenvalue weighted by molar-refractivity contribution is 5.48. The van der Waals surface area contributed by atoms with E-state index in [0.717, 1.165) is 0 Å². The van der Waals surface area contributed by atoms with Crippen LogP contribution in [0.3, 0.4) is 0 Å². The molecule has 9 heteroatoms. The third kappa shape index (κ3) is 3.73. The van der Waals surface area contributed by atoms with Gasteiger partial charge in [-0.25, -0.2) is 0 Å². The summed E-state index contributed by atoms with van der Waals surface area (Å²) in [6.45, 7) is -2.46. The van der Waals surface area contributed by atoms with Crippen LogP contribution in [0.1, 0.15) is 23.6 Å². The van der Waals surface area contributed by atoms with Crippen molar-refractivity contribution in [2.24, 2.45) is 0 Å². The molecule has 0 saturated carbocycles. The molecule has 1 aromatic carbocycles. The molecule has 1 aromatic rings. The number of ether oxygens (including phenoxy) is 1. The number of halogens is 8. The van der Waals surface area contributed by atoms with E-state index in [4.69, 9.17) is 0 Å². The smallest absolute Gasteiger partial charge is 0.419 e. The molecule has 0 unspecified atom stereocenters. The van der Waals surface area contributed by atoms with Crippen LogP contribution in [0.25, 0.3) is 0 Å². The Bertz CT molecular complexity index is 439. The Morgan fingerprint density at radius 3 is 1.60 bits per heavy atom. The van der Waals surface area contributed by atoms with Gasteiger partial charge < -0.3 is 4.74 Å². The van der Waals surface area contributed by atoms with Crippen LogP contribution >= 0.6 is 0 Å². The van der Waals surface area contributed by atoms with Crippen molar-refractivity contribution in [2.75, 3.05) is 0 Å². The summed E-state index contributed by atoms with van der Waals surface area (Å²) < 4.78 is 104. The minimum Gasteiger partial charge on any atom is -0.434 e. The van der Waals surface area contributed by atoms with E-state index in [1.807, 2.05) is 0 Å². The van der Waals surface area contributed by atoms with Gasteiger partial charge in [0.2, 0.25) is 0 Å². The molecule has 0 fully saturated rings. The Balaban J connectivity index is 3.63. The maximum atomic E-state index is 12.7. The lowest BCUT2D eigenvalue weighted by Gasteiger charge is -2.20. The Kier molecular flexibility index (Phi) is 4.50. The molecule has 0 atom stereocenters. The first-order valence-electron chi connectivity index (χ1n) is 5.23. The topological polar surface area (TPSA) is 9.23 Å². The third-order valence-electron chi connectivity index (χ3n) is 2.37. The zero-order valence-electron chi connectivity index (χ0n) is 9.87. The van der Waals surface area contributed by atoms with Crippen molar-refractivity contribution in [2.45, 2.75) is 32.3 Å². The predicted molar refractivity (Wildman–Crippen MR) is 52.5 cm³/mol. The Morgan fingerprint density at radius 1 is 0.950 bits per heavy atom. The van der Waals surface area contributed by atoms with E-state index in [1.54, 1.807) is 0 Å². The number of alkyl halides is 8. The van der Waals surface area contributed by atoms with Gasteiger partial charge in [0, 0.05) is 0 Å². The summed E-state index contributed by atoms with van der Waals surface area (Å²) in [5.41, 5.74) is -4.03. The Labute approximate surface area is 108 Å². The van der Waals surface area contributed by atoms with Crippen molar-refractivity contribution in [3.8, 4) is 5.75 Å². The quantitative estimate of drug-likeness (QED) is 0.723. The van der Waals surface area contributed by atoms with Crippen LogP contribution in [0.2, 0.25) is 0 Å². The van der Waals surface area contributed by atoms with Crippen LogP contribution in [0, 0.1) is 0 Å². The largest absolute Gasteiger partial charge is 0.434 e. The molecule has 0 N–H and O–H groups in total. The molecule has 1 nitrogen and oxygen atoms in total. The predicted octanol–water partition coefficient (Wildman–Crippen LogP) is 4.89. The average Bonchev–Trinajstić information content (AvgIpc) is 2.25. The summed E-state index contributed by atoms with van der Waals surface area (Å²) >= 11 is 0. The molecular weight excluding hydrogens is 300 g/mol. The molecule has 20 heavy (non-hydrogen) atoms. The van der Waals surface area contributed by atoms with Gasteiger partial charge in [-0.2, -0.15) is 35.1 Å². The fourth-order valence-corrected chi connectivity index (χ4v) is 1.53. The van der Waals surface area contributed by atoms with Gasteiger partial charge in [-0.05, 0) is 24.1 Å². The molecule has 0 saturated heterocycles. The second kappa shape index (κ2) is 5.45. The lowest BCUT2D eigenvalue weighted by Crippen LogP contribution is -2.18. The first kappa shape index (κ1) is 16.5. The van der Waals surface area contributed by atoms with Crippen molar-refractivity contribution < 1.29 is 39.9 Å². The maximum absolute atomic E-state index is 12.7. The highest BCUT2D eigenvalue weighted by atomic mass is 19.4. The summed E-state index contributed by atoms with van der Waals surface area (Å²) in [6, 6.07) is 0.736. The summed E-state index contributed by atoms with van der Waals surface area (Å²) in [7, 11) is 0. The molecule has 0 spiro atoms. The number of hydrogen-bond donors (Lipinski definition) is 0. The van der Waals surface area contributed by atoms with Crippen LogP contribution < -0.4 is 4.74 Å². The minimum atomic E-state index is -5.24. The number of benzene rings is 1. The molecule has 114 valence electrons. The standard InChI is InChI=1S/C11H8F8O/c1-2-5-3-6(10(14,15)16)8(20-9(12)13)7(4-5)11(17,18)19/h3-4,9H,2H2,1H3. The zero-order valence-corrected chi connectivity index (χ0v) is 9.87. The average molecular weight is 308 g/mol. The van der Waals surface area contributed by atoms with Gasteiger partial charge in [0.25, 0.3) is 0 Å². The van der Waals surface area contributed by atoms with Crippen molar-refractivity contribution >= 4 is 0 Å². The van der Waals surface area contributed by atoms with Gasteiger partial charge in [0.05, 0.1) is 11.1 Å². The number of hydrogen-bond acceptors (Lipinski definition) is 1. The minimum absolute atomic E-state index is 0.124. The zero-order chi connectivity index (χ0) is 15.7. The Morgan fingerprint density at radius 2 is 1.35 bits per heavy atom. The molecule has 0 bridgehead atoms. The van der Waals surface area contributed by atoms with Gasteiger partial charge in [-0.3, -0.25) is 0 Å². The third-order valence-corrected chi connectivity index (χ3v) is 2.37. The molecule has 0 aliphatic carbocycles. The highest BCUT2D eigenvalue weighted by Crippen LogP contribution is 2.45. The van der Waals surface area contributed by atoms with Crippen LogP contribution in [0.15, 0.2) is 12.1 Å². The lowest BCUT2D eigenvalue weighted by molar-refractivity contribution is -0.150. The fraction of sp³-hybridized carbons (Fsp3) is 0.455. The normalized spacial score (nSPS) is 12.9. The van der Waals surface area contributed by atoms with Crippen molar-refractivity contribution in [1.82, 2.24) is 0 Å². The van der Waals surface area contributed by atoms with E-state index in [0.29, 0.717) is 12.1 Å². The van der Waals surface area contributed by atoms with Crippen LogP contribution in [-0.4, -0.2) is 6.61 Å². The van der Waals surface area contributed by atoms with E-state index < -0.39 is 35.8 Å². The first-order chi connectivity index (χ1) is 8.96. The lowest BCUT2D eigenvalue weighted by atomic mass is 10.0. The van der Waals surface area contributed by atoms with E-state index in [-0.39, 0.29) is 12.0 Å². The van der Waals surface area contributed by atoms with Gasteiger partial charge in [0.1, 0.15) is 0 Å². The second-order valence-electron chi connectivity index (χ2n) is 3.75. The van der Waals surface area contributed by atoms with Crippen LogP contribution in [-0.2, 0) is 18.8 Å². The SMILES string of the molecule is CCc1cc(C(F)(F)F)c(OC(F)F)c(C(F)(F)F)c1. The van der Waals surface area contributed by atoms with E-state index >= 15 is 0 Å². The van der Waals surface area contributed by atoms with Crippen molar-refractivity contribution in [3.05, 3.63) is 28.8 Å². The number of aryl methyl sites for hydroxylation is 1. The van der Waals surface area contributed by atoms with Gasteiger partial charge in [-0.15, -0.1) is 0 Å². The fourth-order valence-electron chi connectivity index (χ4n) is 1.53. The van der Waals surface area contributed by atoms with E-state index in [2.05, 4.69) is 4.74 Å². The monoisotopic (exact) mass is 308 g/mol. The van der Waals surface area contributed by atoms with Crippen molar-refractivity contribution in [3.63, 3.8) is 0 Å². The summed E-state index contributed by atoms with van der Waals surface area (Å²) in [4.78, 5) is 0. The van der Waals surface area contributed by atoms with Gasteiger partial charge >= 0.3 is 19.0 Å². The first-order valence-corrected chi connectivity index (χ1v) is 5.23.